The van der Waals surface area contributed by atoms with Crippen LogP contribution in [0.25, 0.3) is 10.9 Å². The maximum absolute atomic E-state index is 13.1. The second-order valence-electron chi connectivity index (χ2n) is 4.91. The van der Waals surface area contributed by atoms with Crippen molar-refractivity contribution in [1.29, 1.82) is 0 Å². The van der Waals surface area contributed by atoms with Crippen LogP contribution >= 0.6 is 0 Å². The molecule has 0 fully saturated rings. The Balaban J connectivity index is 2.30. The molecule has 0 aliphatic carbocycles. The fourth-order valence-corrected chi connectivity index (χ4v) is 4.01. The van der Waals surface area contributed by atoms with Crippen molar-refractivity contribution in [3.63, 3.8) is 0 Å². The molecule has 0 saturated heterocycles. The van der Waals surface area contributed by atoms with E-state index >= 15 is 0 Å². The minimum Gasteiger partial charge on any atom is -0.241 e. The Labute approximate surface area is 134 Å². The van der Waals surface area contributed by atoms with E-state index in [4.69, 9.17) is 0 Å². The van der Waals surface area contributed by atoms with Gasteiger partial charge in [-0.25, -0.2) is 12.4 Å². The van der Waals surface area contributed by atoms with Gasteiger partial charge in [0.15, 0.2) is 0 Å². The van der Waals surface area contributed by atoms with Gasteiger partial charge in [0.25, 0.3) is 10.0 Å². The van der Waals surface area contributed by atoms with Crippen LogP contribution in [0.3, 0.4) is 0 Å². The van der Waals surface area contributed by atoms with Crippen LogP contribution in [0.1, 0.15) is 5.56 Å². The Morgan fingerprint density at radius 3 is 2.33 bits per heavy atom. The van der Waals surface area contributed by atoms with E-state index in [-0.39, 0.29) is 16.6 Å². The lowest BCUT2D eigenvalue weighted by atomic mass is 10.2. The van der Waals surface area contributed by atoms with Gasteiger partial charge < -0.3 is 0 Å². The quantitative estimate of drug-likeness (QED) is 0.659. The van der Waals surface area contributed by atoms with Crippen LogP contribution < -0.4 is 0 Å². The second-order valence-corrected chi connectivity index (χ2v) is 6.70. The number of hydrogen-bond acceptors (Lipinski definition) is 4. The van der Waals surface area contributed by atoms with E-state index in [1.807, 2.05) is 0 Å². The summed E-state index contributed by atoms with van der Waals surface area (Å²) in [6.45, 7) is 0. The molecule has 0 saturated carbocycles. The zero-order valence-electron chi connectivity index (χ0n) is 11.9. The molecule has 124 valence electrons. The number of hydrogen-bond donors (Lipinski definition) is 0. The Hall–Kier alpha value is -2.68. The number of nitrogens with zero attached hydrogens (tertiary/aromatic N) is 2. The van der Waals surface area contributed by atoms with Crippen LogP contribution in [0.15, 0.2) is 64.8 Å². The first-order valence-electron chi connectivity index (χ1n) is 6.62. The SMILES string of the molecule is O=Nc1cccc2c1ccn2S(=O)(=O)c1ccccc1C(F)(F)F. The molecule has 24 heavy (non-hydrogen) atoms. The number of aromatic nitrogens is 1. The fourth-order valence-electron chi connectivity index (χ4n) is 2.45. The van der Waals surface area contributed by atoms with E-state index in [1.165, 1.54) is 30.3 Å². The van der Waals surface area contributed by atoms with Crippen molar-refractivity contribution < 1.29 is 21.6 Å². The monoisotopic (exact) mass is 354 g/mol. The van der Waals surface area contributed by atoms with E-state index in [0.29, 0.717) is 10.0 Å². The molecule has 3 rings (SSSR count). The van der Waals surface area contributed by atoms with Crippen molar-refractivity contribution in [2.45, 2.75) is 11.1 Å². The number of rotatable bonds is 3. The molecule has 3 aromatic rings. The van der Waals surface area contributed by atoms with Crippen molar-refractivity contribution in [2.75, 3.05) is 0 Å². The van der Waals surface area contributed by atoms with Gasteiger partial charge in [0, 0.05) is 11.6 Å². The minimum absolute atomic E-state index is 0.00514. The van der Waals surface area contributed by atoms with Gasteiger partial charge in [0.2, 0.25) is 0 Å². The van der Waals surface area contributed by atoms with Crippen LogP contribution in [0.2, 0.25) is 0 Å². The largest absolute Gasteiger partial charge is 0.417 e. The van der Waals surface area contributed by atoms with E-state index < -0.39 is 26.7 Å². The van der Waals surface area contributed by atoms with Gasteiger partial charge in [-0.15, -0.1) is 4.91 Å². The van der Waals surface area contributed by atoms with E-state index in [9.17, 15) is 26.5 Å². The number of benzene rings is 2. The second kappa shape index (κ2) is 5.45. The number of nitroso groups, excluding NO2 is 1. The van der Waals surface area contributed by atoms with Gasteiger partial charge in [-0.2, -0.15) is 13.2 Å². The summed E-state index contributed by atoms with van der Waals surface area (Å²) in [6.07, 6.45) is -3.72. The van der Waals surface area contributed by atoms with Crippen molar-refractivity contribution in [1.82, 2.24) is 3.97 Å². The average molecular weight is 354 g/mol. The highest BCUT2D eigenvalue weighted by molar-refractivity contribution is 7.90. The van der Waals surface area contributed by atoms with Gasteiger partial charge >= 0.3 is 6.18 Å². The maximum atomic E-state index is 13.1. The normalized spacial score (nSPS) is 12.5. The van der Waals surface area contributed by atoms with Crippen LogP contribution in [0.4, 0.5) is 18.9 Å². The zero-order chi connectivity index (χ0) is 17.5. The molecular formula is C15H9F3N2O3S. The van der Waals surface area contributed by atoms with Crippen molar-refractivity contribution >= 4 is 26.6 Å². The van der Waals surface area contributed by atoms with Crippen LogP contribution in [0, 0.1) is 4.91 Å². The van der Waals surface area contributed by atoms with Gasteiger partial charge in [0.05, 0.1) is 11.1 Å². The van der Waals surface area contributed by atoms with Crippen LogP contribution in [-0.2, 0) is 16.2 Å². The fraction of sp³-hybridized carbons (Fsp3) is 0.0667. The highest BCUT2D eigenvalue weighted by Crippen LogP contribution is 2.36. The summed E-state index contributed by atoms with van der Waals surface area (Å²) in [7, 11) is -4.51. The van der Waals surface area contributed by atoms with Crippen LogP contribution in [0.5, 0.6) is 0 Å². The molecule has 9 heteroatoms. The van der Waals surface area contributed by atoms with E-state index in [1.54, 1.807) is 0 Å². The molecule has 1 aromatic heterocycles. The molecule has 2 aromatic carbocycles. The highest BCUT2D eigenvalue weighted by Gasteiger charge is 2.37. The molecule has 0 spiro atoms. The average Bonchev–Trinajstić information content (AvgIpc) is 2.98. The predicted octanol–water partition coefficient (Wildman–Crippen LogP) is 4.30. The summed E-state index contributed by atoms with van der Waals surface area (Å²) >= 11 is 0. The third-order valence-electron chi connectivity index (χ3n) is 3.50. The summed E-state index contributed by atoms with van der Waals surface area (Å²) in [5.74, 6) is 0. The van der Waals surface area contributed by atoms with Gasteiger partial charge in [0.1, 0.15) is 10.6 Å². The molecule has 1 heterocycles. The van der Waals surface area contributed by atoms with Crippen LogP contribution in [-0.4, -0.2) is 12.4 Å². The lowest BCUT2D eigenvalue weighted by Gasteiger charge is -2.14. The summed E-state index contributed by atoms with van der Waals surface area (Å²) in [5, 5.41) is 3.02. The Bertz CT molecular complexity index is 1040. The number of alkyl halides is 3. The smallest absolute Gasteiger partial charge is 0.241 e. The molecule has 0 atom stereocenters. The summed E-state index contributed by atoms with van der Waals surface area (Å²) < 4.78 is 65.5. The molecule has 5 nitrogen and oxygen atoms in total. The Morgan fingerprint density at radius 2 is 1.67 bits per heavy atom. The zero-order valence-corrected chi connectivity index (χ0v) is 12.7. The predicted molar refractivity (Wildman–Crippen MR) is 81.4 cm³/mol. The first-order chi connectivity index (χ1) is 11.3. The summed E-state index contributed by atoms with van der Waals surface area (Å²) in [5.41, 5.74) is -1.17. The van der Waals surface area contributed by atoms with Gasteiger partial charge in [-0.1, -0.05) is 18.2 Å². The Kier molecular flexibility index (Phi) is 3.67. The van der Waals surface area contributed by atoms with Crippen molar-refractivity contribution in [3.8, 4) is 0 Å². The van der Waals surface area contributed by atoms with E-state index in [0.717, 1.165) is 18.3 Å². The first-order valence-corrected chi connectivity index (χ1v) is 8.06. The molecule has 0 unspecified atom stereocenters. The number of fused-ring (bicyclic) bond motifs is 1. The molecule has 0 aliphatic rings. The number of halogens is 3. The molecule has 0 radical (unpaired) electrons. The highest BCUT2D eigenvalue weighted by atomic mass is 32.2. The standard InChI is InChI=1S/C15H9F3N2O3S/c16-15(17,18)11-4-1-2-7-14(11)24(22,23)20-9-8-10-12(19-21)5-3-6-13(10)20/h1-9H. The third-order valence-corrected chi connectivity index (χ3v) is 5.25. The van der Waals surface area contributed by atoms with E-state index in [2.05, 4.69) is 5.18 Å². The Morgan fingerprint density at radius 1 is 0.958 bits per heavy atom. The lowest BCUT2D eigenvalue weighted by Crippen LogP contribution is -2.18. The molecular weight excluding hydrogens is 345 g/mol. The maximum Gasteiger partial charge on any atom is 0.417 e. The first kappa shape index (κ1) is 16.2. The van der Waals surface area contributed by atoms with Gasteiger partial charge in [-0.3, -0.25) is 0 Å². The lowest BCUT2D eigenvalue weighted by molar-refractivity contribution is -0.139. The summed E-state index contributed by atoms with van der Waals surface area (Å²) in [6, 6.07) is 9.42. The molecule has 0 bridgehead atoms. The summed E-state index contributed by atoms with van der Waals surface area (Å²) in [4.78, 5) is 9.92. The van der Waals surface area contributed by atoms with Crippen molar-refractivity contribution in [3.05, 3.63) is 65.2 Å². The minimum atomic E-state index is -4.82. The molecule has 0 amide bonds. The topological polar surface area (TPSA) is 68.5 Å². The van der Waals surface area contributed by atoms with Gasteiger partial charge in [-0.05, 0) is 35.5 Å². The molecule has 0 N–H and O–H groups in total. The molecule has 0 aliphatic heterocycles. The third kappa shape index (κ3) is 2.46. The van der Waals surface area contributed by atoms with Crippen molar-refractivity contribution in [2.24, 2.45) is 5.18 Å².